The minimum Gasteiger partial charge on any atom is -0.493 e. The smallest absolute Gasteiger partial charge is 0.255 e. The van der Waals surface area contributed by atoms with Gasteiger partial charge in [0.15, 0.2) is 0 Å². The van der Waals surface area contributed by atoms with Gasteiger partial charge in [-0.1, -0.05) is 32.9 Å². The first-order valence-corrected chi connectivity index (χ1v) is 8.92. The largest absolute Gasteiger partial charge is 0.493 e. The Morgan fingerprint density at radius 2 is 1.69 bits per heavy atom. The van der Waals surface area contributed by atoms with Crippen LogP contribution in [0, 0.1) is 5.92 Å². The van der Waals surface area contributed by atoms with Crippen molar-refractivity contribution in [2.24, 2.45) is 5.92 Å². The van der Waals surface area contributed by atoms with Gasteiger partial charge < -0.3 is 15.4 Å². The van der Waals surface area contributed by atoms with Gasteiger partial charge in [-0.2, -0.15) is 0 Å². The molecule has 0 atom stereocenters. The van der Waals surface area contributed by atoms with E-state index < -0.39 is 0 Å². The molecular formula is C21H26N2O3. The third kappa shape index (κ3) is 5.62. The van der Waals surface area contributed by atoms with E-state index in [2.05, 4.69) is 24.5 Å². The van der Waals surface area contributed by atoms with Crippen molar-refractivity contribution in [2.45, 2.75) is 27.2 Å². The predicted molar refractivity (Wildman–Crippen MR) is 104 cm³/mol. The van der Waals surface area contributed by atoms with Crippen LogP contribution in [0.2, 0.25) is 0 Å². The fraction of sp³-hybridized carbons (Fsp3) is 0.333. The molecule has 2 rings (SSSR count). The summed E-state index contributed by atoms with van der Waals surface area (Å²) in [7, 11) is 0. The molecule has 0 radical (unpaired) electrons. The first-order valence-electron chi connectivity index (χ1n) is 8.92. The lowest BCUT2D eigenvalue weighted by atomic mass is 10.1. The summed E-state index contributed by atoms with van der Waals surface area (Å²) in [4.78, 5) is 24.7. The molecular weight excluding hydrogens is 328 g/mol. The molecule has 0 aliphatic rings. The molecule has 26 heavy (non-hydrogen) atoms. The van der Waals surface area contributed by atoms with E-state index in [0.29, 0.717) is 35.9 Å². The monoisotopic (exact) mass is 354 g/mol. The quantitative estimate of drug-likeness (QED) is 0.749. The van der Waals surface area contributed by atoms with E-state index in [9.17, 15) is 9.59 Å². The number of benzene rings is 2. The molecule has 0 spiro atoms. The van der Waals surface area contributed by atoms with Crippen LogP contribution in [0.15, 0.2) is 48.5 Å². The predicted octanol–water partition coefficient (Wildman–Crippen LogP) is 4.11. The zero-order valence-corrected chi connectivity index (χ0v) is 15.5. The lowest BCUT2D eigenvalue weighted by molar-refractivity contribution is 0.0954. The average Bonchev–Trinajstić information content (AvgIpc) is 2.65. The molecule has 0 aliphatic heterocycles. The number of anilines is 1. The second kappa shape index (κ2) is 9.61. The second-order valence-corrected chi connectivity index (χ2v) is 6.48. The minimum atomic E-state index is -0.267. The zero-order valence-electron chi connectivity index (χ0n) is 15.5. The summed E-state index contributed by atoms with van der Waals surface area (Å²) in [5.41, 5.74) is 1.45. The van der Waals surface area contributed by atoms with Gasteiger partial charge in [0.25, 0.3) is 11.8 Å². The number of hydrogen-bond donors (Lipinski definition) is 2. The maximum Gasteiger partial charge on any atom is 0.255 e. The Kier molecular flexibility index (Phi) is 7.21. The summed E-state index contributed by atoms with van der Waals surface area (Å²) in [6.45, 7) is 7.37. The molecule has 0 heterocycles. The fourth-order valence-corrected chi connectivity index (χ4v) is 2.28. The van der Waals surface area contributed by atoms with E-state index in [1.807, 2.05) is 6.92 Å². The highest BCUT2D eigenvalue weighted by Gasteiger charge is 2.13. The van der Waals surface area contributed by atoms with E-state index in [1.54, 1.807) is 48.5 Å². The van der Waals surface area contributed by atoms with Crippen LogP contribution >= 0.6 is 0 Å². The van der Waals surface area contributed by atoms with Crippen LogP contribution in [0.25, 0.3) is 0 Å². The third-order valence-electron chi connectivity index (χ3n) is 3.66. The van der Waals surface area contributed by atoms with Gasteiger partial charge in [0, 0.05) is 12.1 Å². The third-order valence-corrected chi connectivity index (χ3v) is 3.66. The number of nitrogens with one attached hydrogen (secondary N) is 2. The Balaban J connectivity index is 2.06. The van der Waals surface area contributed by atoms with Gasteiger partial charge in [-0.15, -0.1) is 0 Å². The van der Waals surface area contributed by atoms with Gasteiger partial charge in [-0.05, 0) is 48.7 Å². The van der Waals surface area contributed by atoms with Gasteiger partial charge in [0.1, 0.15) is 5.75 Å². The summed E-state index contributed by atoms with van der Waals surface area (Å²) in [5, 5.41) is 5.64. The number of ether oxygens (including phenoxy) is 1. The Hall–Kier alpha value is -2.82. The molecule has 5 nitrogen and oxygen atoms in total. The standard InChI is InChI=1S/C21H26N2O3/c1-4-13-22-21(25)18-7-5-6-8-19(18)23-20(24)16-9-11-17(12-10-16)26-14-15(2)3/h5-12,15H,4,13-14H2,1-3H3,(H,22,25)(H,23,24). The van der Waals surface area contributed by atoms with E-state index in [-0.39, 0.29) is 11.8 Å². The van der Waals surface area contributed by atoms with Crippen molar-refractivity contribution in [1.29, 1.82) is 0 Å². The highest BCUT2D eigenvalue weighted by molar-refractivity contribution is 6.09. The molecule has 2 N–H and O–H groups in total. The van der Waals surface area contributed by atoms with Gasteiger partial charge >= 0.3 is 0 Å². The Labute approximate surface area is 154 Å². The van der Waals surface area contributed by atoms with E-state index >= 15 is 0 Å². The fourth-order valence-electron chi connectivity index (χ4n) is 2.28. The lowest BCUT2D eigenvalue weighted by Gasteiger charge is -2.12. The summed E-state index contributed by atoms with van der Waals surface area (Å²) < 4.78 is 5.62. The second-order valence-electron chi connectivity index (χ2n) is 6.48. The van der Waals surface area contributed by atoms with Gasteiger partial charge in [-0.25, -0.2) is 0 Å². The molecule has 0 unspecified atom stereocenters. The summed E-state index contributed by atoms with van der Waals surface area (Å²) in [5.74, 6) is 0.708. The number of carbonyl (C=O) groups excluding carboxylic acids is 2. The zero-order chi connectivity index (χ0) is 18.9. The molecule has 0 aromatic heterocycles. The molecule has 5 heteroatoms. The highest BCUT2D eigenvalue weighted by Crippen LogP contribution is 2.18. The van der Waals surface area contributed by atoms with E-state index in [0.717, 1.165) is 12.2 Å². The topological polar surface area (TPSA) is 67.4 Å². The van der Waals surface area contributed by atoms with Crippen LogP contribution in [0.1, 0.15) is 47.9 Å². The number of hydrogen-bond acceptors (Lipinski definition) is 3. The summed E-state index contributed by atoms with van der Waals surface area (Å²) in [6.07, 6.45) is 0.853. The molecule has 138 valence electrons. The maximum atomic E-state index is 12.5. The Morgan fingerprint density at radius 1 is 1.00 bits per heavy atom. The van der Waals surface area contributed by atoms with Crippen LogP contribution in [-0.2, 0) is 0 Å². The molecule has 2 aromatic carbocycles. The van der Waals surface area contributed by atoms with E-state index in [1.165, 1.54) is 0 Å². The van der Waals surface area contributed by atoms with Gasteiger partial charge in [-0.3, -0.25) is 9.59 Å². The number of carbonyl (C=O) groups is 2. The number of para-hydroxylation sites is 1. The Morgan fingerprint density at radius 3 is 2.35 bits per heavy atom. The minimum absolute atomic E-state index is 0.194. The Bertz CT molecular complexity index is 739. The van der Waals surface area contributed by atoms with Crippen molar-refractivity contribution in [1.82, 2.24) is 5.32 Å². The summed E-state index contributed by atoms with van der Waals surface area (Å²) >= 11 is 0. The molecule has 0 bridgehead atoms. The lowest BCUT2D eigenvalue weighted by Crippen LogP contribution is -2.25. The molecule has 0 saturated heterocycles. The molecule has 0 saturated carbocycles. The van der Waals surface area contributed by atoms with Gasteiger partial charge in [0.2, 0.25) is 0 Å². The van der Waals surface area contributed by atoms with Crippen molar-refractivity contribution >= 4 is 17.5 Å². The maximum absolute atomic E-state index is 12.5. The number of rotatable bonds is 8. The first kappa shape index (κ1) is 19.5. The number of amides is 2. The molecule has 2 aromatic rings. The van der Waals surface area contributed by atoms with Crippen molar-refractivity contribution in [2.75, 3.05) is 18.5 Å². The first-order chi connectivity index (χ1) is 12.5. The van der Waals surface area contributed by atoms with Crippen LogP contribution in [0.4, 0.5) is 5.69 Å². The van der Waals surface area contributed by atoms with Crippen LogP contribution in [0.3, 0.4) is 0 Å². The molecule has 0 aliphatic carbocycles. The highest BCUT2D eigenvalue weighted by atomic mass is 16.5. The SMILES string of the molecule is CCCNC(=O)c1ccccc1NC(=O)c1ccc(OCC(C)C)cc1. The van der Waals surface area contributed by atoms with Gasteiger partial charge in [0.05, 0.1) is 17.9 Å². The van der Waals surface area contributed by atoms with Crippen LogP contribution in [0.5, 0.6) is 5.75 Å². The normalized spacial score (nSPS) is 10.5. The van der Waals surface area contributed by atoms with Crippen molar-refractivity contribution in [3.05, 3.63) is 59.7 Å². The van der Waals surface area contributed by atoms with Crippen LogP contribution in [-0.4, -0.2) is 25.0 Å². The van der Waals surface area contributed by atoms with Crippen LogP contribution < -0.4 is 15.4 Å². The van der Waals surface area contributed by atoms with E-state index in [4.69, 9.17) is 4.74 Å². The molecule has 0 fully saturated rings. The van der Waals surface area contributed by atoms with Crippen molar-refractivity contribution in [3.63, 3.8) is 0 Å². The molecule has 2 amide bonds. The van der Waals surface area contributed by atoms with Crippen molar-refractivity contribution in [3.8, 4) is 5.75 Å². The average molecular weight is 354 g/mol. The van der Waals surface area contributed by atoms with Crippen molar-refractivity contribution < 1.29 is 14.3 Å². The summed E-state index contributed by atoms with van der Waals surface area (Å²) in [6, 6.07) is 14.0.